The highest BCUT2D eigenvalue weighted by atomic mass is 16.5. The third kappa shape index (κ3) is 4.75. The highest BCUT2D eigenvalue weighted by Gasteiger charge is 2.34. The molecule has 5 heteroatoms. The second-order valence-electron chi connectivity index (χ2n) is 10.0. The standard InChI is InChI=1S/C31H35N3O2/c1-21-14-15-26(18-23(21)3)34-20-25(19-30(34)35)31-32-27-11-5-6-12-28(27)33(31)16-7-8-17-36-29-13-9-10-22(2)24(29)4/h5-6,9-15,18,25H,7-8,16-17,19-20H2,1-4H3. The number of aromatic nitrogens is 2. The van der Waals surface area contributed by atoms with E-state index in [9.17, 15) is 4.79 Å². The molecular weight excluding hydrogens is 446 g/mol. The van der Waals surface area contributed by atoms with Gasteiger partial charge in [0.25, 0.3) is 0 Å². The van der Waals surface area contributed by atoms with Gasteiger partial charge in [0.05, 0.1) is 17.6 Å². The average Bonchev–Trinajstić information content (AvgIpc) is 3.43. The van der Waals surface area contributed by atoms with Crippen molar-refractivity contribution in [3.8, 4) is 5.75 Å². The van der Waals surface area contributed by atoms with Crippen molar-refractivity contribution in [2.45, 2.75) is 59.4 Å². The second kappa shape index (κ2) is 10.2. The van der Waals surface area contributed by atoms with Gasteiger partial charge in [-0.15, -0.1) is 0 Å². The number of rotatable bonds is 8. The number of nitrogens with zero attached hydrogens (tertiary/aromatic N) is 3. The Bertz CT molecular complexity index is 1400. The van der Waals surface area contributed by atoms with Crippen LogP contribution in [0.3, 0.4) is 0 Å². The van der Waals surface area contributed by atoms with E-state index < -0.39 is 0 Å². The van der Waals surface area contributed by atoms with Crippen LogP contribution in [0.15, 0.2) is 60.7 Å². The zero-order valence-electron chi connectivity index (χ0n) is 21.8. The molecule has 1 aliphatic heterocycles. The van der Waals surface area contributed by atoms with Gasteiger partial charge in [0, 0.05) is 31.1 Å². The van der Waals surface area contributed by atoms with Crippen molar-refractivity contribution < 1.29 is 9.53 Å². The monoisotopic (exact) mass is 481 g/mol. The quantitative estimate of drug-likeness (QED) is 0.265. The summed E-state index contributed by atoms with van der Waals surface area (Å²) in [6.07, 6.45) is 2.43. The van der Waals surface area contributed by atoms with Gasteiger partial charge in [-0.25, -0.2) is 4.98 Å². The summed E-state index contributed by atoms with van der Waals surface area (Å²) in [4.78, 5) is 20.0. The van der Waals surface area contributed by atoms with Gasteiger partial charge in [-0.1, -0.05) is 30.3 Å². The van der Waals surface area contributed by atoms with Crippen molar-refractivity contribution in [2.24, 2.45) is 0 Å². The third-order valence-electron chi connectivity index (χ3n) is 7.56. The molecule has 5 rings (SSSR count). The first kappa shape index (κ1) is 24.1. The van der Waals surface area contributed by atoms with Crippen LogP contribution in [0.4, 0.5) is 5.69 Å². The number of anilines is 1. The summed E-state index contributed by atoms with van der Waals surface area (Å²) < 4.78 is 8.40. The van der Waals surface area contributed by atoms with Gasteiger partial charge in [0.15, 0.2) is 0 Å². The zero-order valence-corrected chi connectivity index (χ0v) is 21.8. The molecule has 1 unspecified atom stereocenters. The van der Waals surface area contributed by atoms with Gasteiger partial charge in [-0.3, -0.25) is 4.79 Å². The fourth-order valence-corrected chi connectivity index (χ4v) is 5.10. The third-order valence-corrected chi connectivity index (χ3v) is 7.56. The van der Waals surface area contributed by atoms with Gasteiger partial charge in [-0.2, -0.15) is 0 Å². The van der Waals surface area contributed by atoms with E-state index in [4.69, 9.17) is 9.72 Å². The SMILES string of the molecule is Cc1ccc(N2CC(c3nc4ccccc4n3CCCCOc3cccc(C)c3C)CC2=O)cc1C. The molecule has 36 heavy (non-hydrogen) atoms. The van der Waals surface area contributed by atoms with E-state index in [0.29, 0.717) is 19.6 Å². The first-order valence-electron chi connectivity index (χ1n) is 12.9. The minimum absolute atomic E-state index is 0.0812. The summed E-state index contributed by atoms with van der Waals surface area (Å²) in [5.74, 6) is 2.24. The molecule has 0 spiro atoms. The molecule has 5 nitrogen and oxygen atoms in total. The van der Waals surface area contributed by atoms with Crippen LogP contribution >= 0.6 is 0 Å². The number of fused-ring (bicyclic) bond motifs is 1. The molecule has 0 aliphatic carbocycles. The molecule has 0 bridgehead atoms. The van der Waals surface area contributed by atoms with Crippen molar-refractivity contribution in [3.05, 3.63) is 88.7 Å². The fourth-order valence-electron chi connectivity index (χ4n) is 5.10. The van der Waals surface area contributed by atoms with Crippen LogP contribution in [0.1, 0.15) is 53.3 Å². The maximum absolute atomic E-state index is 13.0. The predicted octanol–water partition coefficient (Wildman–Crippen LogP) is 6.65. The van der Waals surface area contributed by atoms with Crippen LogP contribution in [-0.2, 0) is 11.3 Å². The van der Waals surface area contributed by atoms with Gasteiger partial charge < -0.3 is 14.2 Å². The van der Waals surface area contributed by atoms with Crippen LogP contribution in [0.5, 0.6) is 5.75 Å². The molecular formula is C31H35N3O2. The first-order chi connectivity index (χ1) is 17.4. The summed E-state index contributed by atoms with van der Waals surface area (Å²) in [6, 6.07) is 20.8. The summed E-state index contributed by atoms with van der Waals surface area (Å²) in [6.45, 7) is 10.6. The van der Waals surface area contributed by atoms with Crippen LogP contribution in [0.2, 0.25) is 0 Å². The first-order valence-corrected chi connectivity index (χ1v) is 12.9. The van der Waals surface area contributed by atoms with Crippen LogP contribution < -0.4 is 9.64 Å². The van der Waals surface area contributed by atoms with E-state index >= 15 is 0 Å². The molecule has 1 atom stereocenters. The number of unbranched alkanes of at least 4 members (excludes halogenated alkanes) is 1. The zero-order chi connectivity index (χ0) is 25.2. The summed E-state index contributed by atoms with van der Waals surface area (Å²) in [7, 11) is 0. The Morgan fingerprint density at radius 3 is 2.58 bits per heavy atom. The van der Waals surface area contributed by atoms with Crippen molar-refractivity contribution in [2.75, 3.05) is 18.1 Å². The number of para-hydroxylation sites is 2. The number of hydrogen-bond donors (Lipinski definition) is 0. The molecule has 2 heterocycles. The number of amides is 1. The Kier molecular flexibility index (Phi) is 6.82. The highest BCUT2D eigenvalue weighted by Crippen LogP contribution is 2.34. The van der Waals surface area contributed by atoms with Crippen molar-refractivity contribution in [3.63, 3.8) is 0 Å². The number of carbonyl (C=O) groups excluding carboxylic acids is 1. The number of benzene rings is 3. The number of ether oxygens (including phenoxy) is 1. The number of carbonyl (C=O) groups is 1. The van der Waals surface area contributed by atoms with Crippen molar-refractivity contribution in [1.29, 1.82) is 0 Å². The summed E-state index contributed by atoms with van der Waals surface area (Å²) in [5.41, 5.74) is 8.03. The average molecular weight is 482 g/mol. The molecule has 0 saturated carbocycles. The Morgan fingerprint density at radius 1 is 0.917 bits per heavy atom. The van der Waals surface area contributed by atoms with Gasteiger partial charge in [0.2, 0.25) is 5.91 Å². The lowest BCUT2D eigenvalue weighted by atomic mass is 10.1. The maximum atomic E-state index is 13.0. The lowest BCUT2D eigenvalue weighted by Crippen LogP contribution is -2.24. The van der Waals surface area contributed by atoms with E-state index in [0.717, 1.165) is 47.7 Å². The van der Waals surface area contributed by atoms with E-state index in [2.05, 4.69) is 74.7 Å². The summed E-state index contributed by atoms with van der Waals surface area (Å²) in [5, 5.41) is 0. The number of aryl methyl sites for hydroxylation is 4. The van der Waals surface area contributed by atoms with E-state index in [1.165, 1.54) is 22.3 Å². The number of hydrogen-bond acceptors (Lipinski definition) is 3. The molecule has 1 aliphatic rings. The molecule has 186 valence electrons. The molecule has 4 aromatic rings. The molecule has 0 radical (unpaired) electrons. The lowest BCUT2D eigenvalue weighted by molar-refractivity contribution is -0.117. The van der Waals surface area contributed by atoms with Crippen molar-refractivity contribution in [1.82, 2.24) is 9.55 Å². The van der Waals surface area contributed by atoms with Crippen LogP contribution in [0, 0.1) is 27.7 Å². The smallest absolute Gasteiger partial charge is 0.227 e. The topological polar surface area (TPSA) is 47.4 Å². The van der Waals surface area contributed by atoms with E-state index in [-0.39, 0.29) is 11.8 Å². The molecule has 1 amide bonds. The minimum atomic E-state index is 0.0812. The van der Waals surface area contributed by atoms with Crippen LogP contribution in [0.25, 0.3) is 11.0 Å². The van der Waals surface area contributed by atoms with Crippen molar-refractivity contribution >= 4 is 22.6 Å². The van der Waals surface area contributed by atoms with Gasteiger partial charge in [-0.05, 0) is 93.1 Å². The van der Waals surface area contributed by atoms with Gasteiger partial charge in [0.1, 0.15) is 11.6 Å². The normalized spacial score (nSPS) is 15.7. The molecule has 1 aromatic heterocycles. The Morgan fingerprint density at radius 2 is 1.75 bits per heavy atom. The second-order valence-corrected chi connectivity index (χ2v) is 10.0. The molecule has 1 fully saturated rings. The largest absolute Gasteiger partial charge is 0.493 e. The van der Waals surface area contributed by atoms with Gasteiger partial charge >= 0.3 is 0 Å². The van der Waals surface area contributed by atoms with E-state index in [1.54, 1.807) is 0 Å². The maximum Gasteiger partial charge on any atom is 0.227 e. The Balaban J connectivity index is 1.30. The molecule has 1 saturated heterocycles. The minimum Gasteiger partial charge on any atom is -0.493 e. The number of imidazole rings is 1. The lowest BCUT2D eigenvalue weighted by Gasteiger charge is -2.18. The Hall–Kier alpha value is -3.60. The van der Waals surface area contributed by atoms with E-state index in [1.807, 2.05) is 23.1 Å². The predicted molar refractivity (Wildman–Crippen MR) is 146 cm³/mol. The summed E-state index contributed by atoms with van der Waals surface area (Å²) >= 11 is 0. The fraction of sp³-hybridized carbons (Fsp3) is 0.355. The van der Waals surface area contributed by atoms with Crippen LogP contribution in [-0.4, -0.2) is 28.6 Å². The molecule has 3 aromatic carbocycles. The highest BCUT2D eigenvalue weighted by molar-refractivity contribution is 5.96. The molecule has 0 N–H and O–H groups in total. The Labute approximate surface area is 213 Å².